The zero-order valence-corrected chi connectivity index (χ0v) is 6.84. The molecule has 0 aliphatic rings. The number of rotatable bonds is 1. The van der Waals surface area contributed by atoms with E-state index in [0.29, 0.717) is 5.56 Å². The van der Waals surface area contributed by atoms with Crippen LogP contribution in [0.3, 0.4) is 0 Å². The second-order valence-electron chi connectivity index (χ2n) is 2.57. The standard InChI is InChI=1S/C9H7N3O/c13-9(12-7-6-10-11-12)8-4-2-1-3-5-8/h1-7H/p+1. The van der Waals surface area contributed by atoms with Crippen LogP contribution in [-0.2, 0) is 0 Å². The monoisotopic (exact) mass is 174 g/mol. The van der Waals surface area contributed by atoms with Gasteiger partial charge in [0.15, 0.2) is 6.20 Å². The molecule has 13 heavy (non-hydrogen) atoms. The van der Waals surface area contributed by atoms with Crippen LogP contribution in [0.15, 0.2) is 42.7 Å². The number of carbonyl (C=O) groups excluding carboxylic acids is 1. The number of H-pyrrole nitrogens is 1. The first-order valence-corrected chi connectivity index (χ1v) is 3.89. The Balaban J connectivity index is 2.34. The summed E-state index contributed by atoms with van der Waals surface area (Å²) in [5.41, 5.74) is 0.636. The normalized spacial score (nSPS) is 9.85. The van der Waals surface area contributed by atoms with Gasteiger partial charge in [-0.25, -0.2) is 4.79 Å². The highest BCUT2D eigenvalue weighted by molar-refractivity contribution is 5.86. The molecule has 0 atom stereocenters. The molecular weight excluding hydrogens is 166 g/mol. The predicted octanol–water partition coefficient (Wildman–Crippen LogP) is 0.386. The lowest BCUT2D eigenvalue weighted by Gasteiger charge is -1.92. The summed E-state index contributed by atoms with van der Waals surface area (Å²) in [7, 11) is 0. The number of nitrogens with zero attached hydrogens (tertiary/aromatic N) is 2. The third kappa shape index (κ3) is 1.46. The molecule has 2 rings (SSSR count). The number of hydrogen-bond acceptors (Lipinski definition) is 2. The van der Waals surface area contributed by atoms with E-state index in [1.165, 1.54) is 10.9 Å². The number of hydrogen-bond donors (Lipinski definition) is 1. The number of nitrogens with one attached hydrogen (secondary N) is 1. The van der Waals surface area contributed by atoms with Crippen LogP contribution in [0.4, 0.5) is 0 Å². The van der Waals surface area contributed by atoms with Gasteiger partial charge in [0.1, 0.15) is 0 Å². The maximum atomic E-state index is 11.6. The summed E-state index contributed by atoms with van der Waals surface area (Å²) < 4.78 is 1.33. The number of aromatic amines is 1. The molecule has 0 aliphatic carbocycles. The highest BCUT2D eigenvalue weighted by Crippen LogP contribution is 1.96. The van der Waals surface area contributed by atoms with E-state index in [2.05, 4.69) is 10.3 Å². The lowest BCUT2D eigenvalue weighted by atomic mass is 10.2. The van der Waals surface area contributed by atoms with Crippen molar-refractivity contribution in [2.45, 2.75) is 0 Å². The Morgan fingerprint density at radius 3 is 2.69 bits per heavy atom. The molecule has 1 heterocycles. The van der Waals surface area contributed by atoms with Gasteiger partial charge in [-0.1, -0.05) is 28.1 Å². The van der Waals surface area contributed by atoms with Crippen molar-refractivity contribution in [2.75, 3.05) is 0 Å². The summed E-state index contributed by atoms with van der Waals surface area (Å²) in [4.78, 5) is 11.6. The molecule has 1 aromatic carbocycles. The summed E-state index contributed by atoms with van der Waals surface area (Å²) in [6.07, 6.45) is 3.11. The maximum Gasteiger partial charge on any atom is 0.363 e. The minimum absolute atomic E-state index is 0.113. The first-order valence-electron chi connectivity index (χ1n) is 3.89. The van der Waals surface area contributed by atoms with E-state index in [9.17, 15) is 4.79 Å². The third-order valence-corrected chi connectivity index (χ3v) is 1.70. The van der Waals surface area contributed by atoms with E-state index in [0.717, 1.165) is 0 Å². The van der Waals surface area contributed by atoms with Crippen molar-refractivity contribution in [2.24, 2.45) is 0 Å². The molecule has 0 saturated heterocycles. The van der Waals surface area contributed by atoms with Crippen LogP contribution < -0.4 is 4.68 Å². The van der Waals surface area contributed by atoms with Crippen LogP contribution in [0.5, 0.6) is 0 Å². The van der Waals surface area contributed by atoms with Gasteiger partial charge < -0.3 is 0 Å². The van der Waals surface area contributed by atoms with Crippen molar-refractivity contribution in [3.63, 3.8) is 0 Å². The van der Waals surface area contributed by atoms with Gasteiger partial charge in [-0.3, -0.25) is 0 Å². The van der Waals surface area contributed by atoms with E-state index in [1.807, 2.05) is 18.2 Å². The predicted molar refractivity (Wildman–Crippen MR) is 45.0 cm³/mol. The molecule has 0 saturated carbocycles. The summed E-state index contributed by atoms with van der Waals surface area (Å²) >= 11 is 0. The van der Waals surface area contributed by atoms with Crippen LogP contribution >= 0.6 is 0 Å². The molecule has 2 aromatic rings. The van der Waals surface area contributed by atoms with Gasteiger partial charge in [0.25, 0.3) is 0 Å². The fourth-order valence-electron chi connectivity index (χ4n) is 1.06. The van der Waals surface area contributed by atoms with Crippen LogP contribution in [0.2, 0.25) is 0 Å². The summed E-state index contributed by atoms with van der Waals surface area (Å²) in [5.74, 6) is -0.113. The van der Waals surface area contributed by atoms with Crippen molar-refractivity contribution in [1.29, 1.82) is 0 Å². The lowest BCUT2D eigenvalue weighted by Crippen LogP contribution is -2.44. The zero-order valence-electron chi connectivity index (χ0n) is 6.84. The van der Waals surface area contributed by atoms with Gasteiger partial charge in [-0.05, 0) is 12.1 Å². The second kappa shape index (κ2) is 3.18. The van der Waals surface area contributed by atoms with Gasteiger partial charge in [-0.15, -0.1) is 0 Å². The number of benzene rings is 1. The lowest BCUT2D eigenvalue weighted by molar-refractivity contribution is -0.634. The molecule has 4 heteroatoms. The van der Waals surface area contributed by atoms with Crippen molar-refractivity contribution >= 4 is 5.91 Å². The molecule has 0 bridgehead atoms. The quantitative estimate of drug-likeness (QED) is 0.635. The molecule has 0 aliphatic heterocycles. The Morgan fingerprint density at radius 1 is 1.31 bits per heavy atom. The van der Waals surface area contributed by atoms with Gasteiger partial charge in [0.05, 0.1) is 5.56 Å². The third-order valence-electron chi connectivity index (χ3n) is 1.70. The average Bonchev–Trinajstić information content (AvgIpc) is 2.71. The van der Waals surface area contributed by atoms with Crippen LogP contribution in [-0.4, -0.2) is 16.2 Å². The van der Waals surface area contributed by atoms with Gasteiger partial charge in [0, 0.05) is 5.10 Å². The Kier molecular flexibility index (Phi) is 1.88. The first kappa shape index (κ1) is 7.67. The minimum atomic E-state index is -0.113. The van der Waals surface area contributed by atoms with Crippen molar-refractivity contribution in [3.05, 3.63) is 48.3 Å². The van der Waals surface area contributed by atoms with Gasteiger partial charge in [0.2, 0.25) is 6.20 Å². The Hall–Kier alpha value is -1.97. The van der Waals surface area contributed by atoms with Crippen molar-refractivity contribution < 1.29 is 9.48 Å². The van der Waals surface area contributed by atoms with E-state index in [-0.39, 0.29) is 5.91 Å². The van der Waals surface area contributed by atoms with E-state index in [4.69, 9.17) is 0 Å². The molecule has 64 valence electrons. The smallest absolute Gasteiger partial charge is 0.238 e. The molecule has 1 N–H and O–H groups in total. The summed E-state index contributed by atoms with van der Waals surface area (Å²) in [6, 6.07) is 9.04. The molecule has 0 radical (unpaired) electrons. The molecule has 4 nitrogen and oxygen atoms in total. The summed E-state index contributed by atoms with van der Waals surface area (Å²) in [5, 5.41) is 6.24. The van der Waals surface area contributed by atoms with E-state index < -0.39 is 0 Å². The van der Waals surface area contributed by atoms with Crippen LogP contribution in [0.1, 0.15) is 10.4 Å². The zero-order chi connectivity index (χ0) is 9.10. The van der Waals surface area contributed by atoms with Crippen LogP contribution in [0, 0.1) is 0 Å². The van der Waals surface area contributed by atoms with Crippen molar-refractivity contribution in [1.82, 2.24) is 10.3 Å². The topological polar surface area (TPSA) is 49.6 Å². The highest BCUT2D eigenvalue weighted by Gasteiger charge is 2.12. The van der Waals surface area contributed by atoms with Gasteiger partial charge >= 0.3 is 5.91 Å². The number of carbonyl (C=O) groups is 1. The molecule has 0 amide bonds. The SMILES string of the molecule is O=C(c1ccccc1)[n+]1ccn[nH]1. The second-order valence-corrected chi connectivity index (χ2v) is 2.57. The van der Waals surface area contributed by atoms with Crippen molar-refractivity contribution in [3.8, 4) is 0 Å². The number of aromatic nitrogens is 3. The first-order chi connectivity index (χ1) is 6.38. The fourth-order valence-corrected chi connectivity index (χ4v) is 1.06. The highest BCUT2D eigenvalue weighted by atomic mass is 16.2. The Labute approximate surface area is 74.8 Å². The Morgan fingerprint density at radius 2 is 2.08 bits per heavy atom. The van der Waals surface area contributed by atoms with Crippen LogP contribution in [0.25, 0.3) is 0 Å². The minimum Gasteiger partial charge on any atom is -0.238 e. The van der Waals surface area contributed by atoms with Gasteiger partial charge in [-0.2, -0.15) is 0 Å². The molecular formula is C9H8N3O+. The molecule has 0 spiro atoms. The Bertz CT molecular complexity index is 394. The maximum absolute atomic E-state index is 11.6. The largest absolute Gasteiger partial charge is 0.363 e. The van der Waals surface area contributed by atoms with E-state index >= 15 is 0 Å². The molecule has 0 unspecified atom stereocenters. The van der Waals surface area contributed by atoms with E-state index in [1.54, 1.807) is 18.3 Å². The molecule has 0 fully saturated rings. The molecule has 1 aromatic heterocycles. The fraction of sp³-hybridized carbons (Fsp3) is 0. The average molecular weight is 174 g/mol. The summed E-state index contributed by atoms with van der Waals surface area (Å²) in [6.45, 7) is 0.